The fourth-order valence-electron chi connectivity index (χ4n) is 2.44. The minimum Gasteiger partial charge on any atom is -0.508 e. The van der Waals surface area contributed by atoms with Crippen molar-refractivity contribution < 1.29 is 14.6 Å². The van der Waals surface area contributed by atoms with Crippen molar-refractivity contribution >= 4 is 0 Å². The highest BCUT2D eigenvalue weighted by atomic mass is 16.5. The Morgan fingerprint density at radius 3 is 2.75 bits per heavy atom. The van der Waals surface area contributed by atoms with Crippen LogP contribution in [0.25, 0.3) is 0 Å². The third-order valence-corrected chi connectivity index (χ3v) is 3.52. The van der Waals surface area contributed by atoms with Gasteiger partial charge in [0.25, 0.3) is 0 Å². The van der Waals surface area contributed by atoms with Gasteiger partial charge in [0.05, 0.1) is 6.10 Å². The van der Waals surface area contributed by atoms with Crippen molar-refractivity contribution in [3.63, 3.8) is 0 Å². The molecule has 1 atom stereocenters. The van der Waals surface area contributed by atoms with E-state index in [1.807, 2.05) is 36.4 Å². The quantitative estimate of drug-likeness (QED) is 0.917. The van der Waals surface area contributed by atoms with Gasteiger partial charge in [-0.25, -0.2) is 0 Å². The van der Waals surface area contributed by atoms with E-state index in [0.29, 0.717) is 6.61 Å². The summed E-state index contributed by atoms with van der Waals surface area (Å²) in [5.41, 5.74) is 1.95. The van der Waals surface area contributed by atoms with Crippen molar-refractivity contribution in [3.05, 3.63) is 59.7 Å². The van der Waals surface area contributed by atoms with Crippen LogP contribution in [0.2, 0.25) is 0 Å². The molecule has 1 aliphatic heterocycles. The van der Waals surface area contributed by atoms with Gasteiger partial charge in [-0.05, 0) is 36.6 Å². The molecule has 0 amide bonds. The molecule has 3 heteroatoms. The zero-order chi connectivity index (χ0) is 13.8. The van der Waals surface area contributed by atoms with Gasteiger partial charge in [-0.1, -0.05) is 30.3 Å². The molecule has 0 aliphatic carbocycles. The van der Waals surface area contributed by atoms with Crippen LogP contribution in [0.1, 0.15) is 30.1 Å². The predicted molar refractivity (Wildman–Crippen MR) is 76.8 cm³/mol. The van der Waals surface area contributed by atoms with Gasteiger partial charge in [-0.2, -0.15) is 0 Å². The summed E-state index contributed by atoms with van der Waals surface area (Å²) in [7, 11) is 0. The second kappa shape index (κ2) is 5.97. The van der Waals surface area contributed by atoms with Crippen molar-refractivity contribution in [2.45, 2.75) is 25.6 Å². The van der Waals surface area contributed by atoms with Crippen molar-refractivity contribution in [1.29, 1.82) is 0 Å². The second-order valence-corrected chi connectivity index (χ2v) is 5.00. The maximum Gasteiger partial charge on any atom is 0.121 e. The topological polar surface area (TPSA) is 38.7 Å². The number of hydrogen-bond acceptors (Lipinski definition) is 3. The van der Waals surface area contributed by atoms with Crippen LogP contribution >= 0.6 is 0 Å². The molecular formula is C17H18O3. The summed E-state index contributed by atoms with van der Waals surface area (Å²) in [6.45, 7) is 1.29. The third-order valence-electron chi connectivity index (χ3n) is 3.52. The molecule has 1 heterocycles. The molecule has 0 saturated carbocycles. The van der Waals surface area contributed by atoms with Crippen molar-refractivity contribution in [1.82, 2.24) is 0 Å². The van der Waals surface area contributed by atoms with Crippen molar-refractivity contribution in [3.8, 4) is 11.5 Å². The van der Waals surface area contributed by atoms with E-state index in [2.05, 4.69) is 0 Å². The van der Waals surface area contributed by atoms with Crippen LogP contribution in [0, 0.1) is 0 Å². The zero-order valence-corrected chi connectivity index (χ0v) is 11.3. The van der Waals surface area contributed by atoms with Crippen molar-refractivity contribution in [2.24, 2.45) is 0 Å². The van der Waals surface area contributed by atoms with Gasteiger partial charge < -0.3 is 14.6 Å². The monoisotopic (exact) mass is 270 g/mol. The lowest BCUT2D eigenvalue weighted by atomic mass is 10.1. The molecule has 1 fully saturated rings. The third kappa shape index (κ3) is 2.94. The highest BCUT2D eigenvalue weighted by Crippen LogP contribution is 2.36. The van der Waals surface area contributed by atoms with Gasteiger partial charge in [0.1, 0.15) is 18.1 Å². The first kappa shape index (κ1) is 13.0. The van der Waals surface area contributed by atoms with E-state index in [1.165, 1.54) is 0 Å². The summed E-state index contributed by atoms with van der Waals surface area (Å²) in [6.07, 6.45) is 1.99. The molecule has 2 aromatic rings. The molecule has 2 aromatic carbocycles. The fourth-order valence-corrected chi connectivity index (χ4v) is 2.44. The molecule has 1 unspecified atom stereocenters. The molecule has 0 spiro atoms. The van der Waals surface area contributed by atoms with E-state index in [-0.39, 0.29) is 11.9 Å². The van der Waals surface area contributed by atoms with Gasteiger partial charge in [0, 0.05) is 12.2 Å². The Morgan fingerprint density at radius 2 is 2.00 bits per heavy atom. The Bertz CT molecular complexity index is 560. The Labute approximate surface area is 118 Å². The molecule has 0 radical (unpaired) electrons. The van der Waals surface area contributed by atoms with Crippen LogP contribution in [0.4, 0.5) is 0 Å². The Balaban J connectivity index is 1.72. The summed E-state index contributed by atoms with van der Waals surface area (Å²) < 4.78 is 11.4. The Kier molecular flexibility index (Phi) is 3.88. The van der Waals surface area contributed by atoms with Gasteiger partial charge >= 0.3 is 0 Å². The first-order valence-corrected chi connectivity index (χ1v) is 6.94. The van der Waals surface area contributed by atoms with E-state index in [1.54, 1.807) is 12.1 Å². The standard InChI is InChI=1S/C17H18O3/c18-16-9-8-14(11-15(16)17-7-4-10-19-17)20-12-13-5-2-1-3-6-13/h1-3,5-6,8-9,11,17-18H,4,7,10,12H2. The van der Waals surface area contributed by atoms with Crippen LogP contribution < -0.4 is 4.74 Å². The molecule has 0 aromatic heterocycles. The minimum absolute atomic E-state index is 0.00437. The molecule has 104 valence electrons. The summed E-state index contributed by atoms with van der Waals surface area (Å²) in [5.74, 6) is 1.04. The van der Waals surface area contributed by atoms with Crippen LogP contribution in [-0.4, -0.2) is 11.7 Å². The van der Waals surface area contributed by atoms with E-state index >= 15 is 0 Å². The van der Waals surface area contributed by atoms with Crippen LogP contribution in [0.3, 0.4) is 0 Å². The molecular weight excluding hydrogens is 252 g/mol. The molecule has 20 heavy (non-hydrogen) atoms. The van der Waals surface area contributed by atoms with E-state index < -0.39 is 0 Å². The van der Waals surface area contributed by atoms with E-state index in [9.17, 15) is 5.11 Å². The molecule has 1 aliphatic rings. The van der Waals surface area contributed by atoms with Crippen molar-refractivity contribution in [2.75, 3.05) is 6.61 Å². The molecule has 1 saturated heterocycles. The number of phenolic OH excluding ortho intramolecular Hbond substituents is 1. The zero-order valence-electron chi connectivity index (χ0n) is 11.3. The summed E-state index contributed by atoms with van der Waals surface area (Å²) in [4.78, 5) is 0. The first-order chi connectivity index (χ1) is 9.83. The largest absolute Gasteiger partial charge is 0.508 e. The lowest BCUT2D eigenvalue weighted by Crippen LogP contribution is -1.99. The normalized spacial score (nSPS) is 18.1. The van der Waals surface area contributed by atoms with E-state index in [0.717, 1.165) is 36.3 Å². The summed E-state index contributed by atoms with van der Waals surface area (Å²) >= 11 is 0. The number of rotatable bonds is 4. The van der Waals surface area contributed by atoms with Gasteiger partial charge in [0.15, 0.2) is 0 Å². The average molecular weight is 270 g/mol. The van der Waals surface area contributed by atoms with Crippen LogP contribution in [0.5, 0.6) is 11.5 Å². The molecule has 3 nitrogen and oxygen atoms in total. The number of phenols is 1. The molecule has 0 bridgehead atoms. The maximum atomic E-state index is 9.95. The Morgan fingerprint density at radius 1 is 1.15 bits per heavy atom. The predicted octanol–water partition coefficient (Wildman–Crippen LogP) is 3.82. The first-order valence-electron chi connectivity index (χ1n) is 6.94. The Hall–Kier alpha value is -2.00. The van der Waals surface area contributed by atoms with Crippen LogP contribution in [-0.2, 0) is 11.3 Å². The number of ether oxygens (including phenoxy) is 2. The second-order valence-electron chi connectivity index (χ2n) is 5.00. The lowest BCUT2D eigenvalue weighted by molar-refractivity contribution is 0.109. The summed E-state index contributed by atoms with van der Waals surface area (Å²) in [5, 5.41) is 9.95. The number of hydrogen-bond donors (Lipinski definition) is 1. The summed E-state index contributed by atoms with van der Waals surface area (Å²) in [6, 6.07) is 15.4. The van der Waals surface area contributed by atoms with E-state index in [4.69, 9.17) is 9.47 Å². The average Bonchev–Trinajstić information content (AvgIpc) is 3.01. The van der Waals surface area contributed by atoms with Gasteiger partial charge in [-0.3, -0.25) is 0 Å². The lowest BCUT2D eigenvalue weighted by Gasteiger charge is -2.14. The number of benzene rings is 2. The van der Waals surface area contributed by atoms with Gasteiger partial charge in [-0.15, -0.1) is 0 Å². The molecule has 1 N–H and O–H groups in total. The smallest absolute Gasteiger partial charge is 0.121 e. The van der Waals surface area contributed by atoms with Gasteiger partial charge in [0.2, 0.25) is 0 Å². The maximum absolute atomic E-state index is 9.95. The molecule has 3 rings (SSSR count). The minimum atomic E-state index is -0.00437. The number of aromatic hydroxyl groups is 1. The highest BCUT2D eigenvalue weighted by molar-refractivity contribution is 5.41. The SMILES string of the molecule is Oc1ccc(OCc2ccccc2)cc1C1CCCO1. The fraction of sp³-hybridized carbons (Fsp3) is 0.294. The van der Waals surface area contributed by atoms with Crippen LogP contribution in [0.15, 0.2) is 48.5 Å². The highest BCUT2D eigenvalue weighted by Gasteiger charge is 2.21.